The van der Waals surface area contributed by atoms with Gasteiger partial charge in [0.15, 0.2) is 5.13 Å². The number of aromatic nitrogens is 5. The highest BCUT2D eigenvalue weighted by Crippen LogP contribution is 2.42. The summed E-state index contributed by atoms with van der Waals surface area (Å²) in [4.78, 5) is 59.1. The summed E-state index contributed by atoms with van der Waals surface area (Å²) in [6, 6.07) is -0.806. The number of halogens is 2. The molecule has 15 nitrogen and oxygen atoms in total. The number of tetrazole rings is 1. The Morgan fingerprint density at radius 3 is 2.57 bits per heavy atom. The molecule has 0 aliphatic carbocycles. The van der Waals surface area contributed by atoms with Crippen LogP contribution in [0.3, 0.4) is 0 Å². The minimum Gasteiger partial charge on any atom is -0.462 e. The van der Waals surface area contributed by atoms with Crippen molar-refractivity contribution in [1.82, 2.24) is 40.3 Å². The lowest BCUT2D eigenvalue weighted by atomic mass is 10.0. The average molecular weight is 741 g/mol. The molecule has 0 spiro atoms. The van der Waals surface area contributed by atoms with Crippen LogP contribution in [0, 0.1) is 5.92 Å². The van der Waals surface area contributed by atoms with Crippen LogP contribution in [0.15, 0.2) is 21.8 Å². The predicted octanol–water partition coefficient (Wildman–Crippen LogP) is 1.63. The van der Waals surface area contributed by atoms with Gasteiger partial charge >= 0.3 is 11.9 Å². The van der Waals surface area contributed by atoms with Crippen molar-refractivity contribution in [1.29, 1.82) is 0 Å². The van der Waals surface area contributed by atoms with Crippen molar-refractivity contribution in [3.63, 3.8) is 0 Å². The van der Waals surface area contributed by atoms with Gasteiger partial charge < -0.3 is 25.4 Å². The molecule has 2 atom stereocenters. The Balaban J connectivity index is 0.00000368. The molecular formula is C26H39Cl2N9O6S3. The van der Waals surface area contributed by atoms with Crippen molar-refractivity contribution in [2.24, 2.45) is 5.92 Å². The number of thioether (sulfide) groups is 2. The number of nitrogens with one attached hydrogen (secondary N) is 1. The average Bonchev–Trinajstić information content (AvgIpc) is 3.63. The van der Waals surface area contributed by atoms with E-state index >= 15 is 0 Å². The van der Waals surface area contributed by atoms with E-state index in [0.29, 0.717) is 52.4 Å². The fourth-order valence-electron chi connectivity index (χ4n) is 4.55. The number of β-lactam (4-membered cyclic amide) rings is 1. The summed E-state index contributed by atoms with van der Waals surface area (Å²) >= 11 is 4.03. The van der Waals surface area contributed by atoms with E-state index in [1.165, 1.54) is 39.8 Å². The Kier molecular flexibility index (Phi) is 16.0. The predicted molar refractivity (Wildman–Crippen MR) is 180 cm³/mol. The van der Waals surface area contributed by atoms with Crippen molar-refractivity contribution >= 4 is 88.6 Å². The third-order valence-corrected chi connectivity index (χ3v) is 10.1. The van der Waals surface area contributed by atoms with E-state index in [-0.39, 0.29) is 67.9 Å². The minimum atomic E-state index is -0.806. The van der Waals surface area contributed by atoms with Crippen molar-refractivity contribution in [3.8, 4) is 0 Å². The van der Waals surface area contributed by atoms with Gasteiger partial charge in [-0.25, -0.2) is 14.5 Å². The number of likely N-dealkylation sites (N-methyl/N-ethyl adjacent to an activating group) is 1. The normalized spacial score (nSPS) is 17.2. The van der Waals surface area contributed by atoms with E-state index in [2.05, 4.69) is 25.8 Å². The van der Waals surface area contributed by atoms with E-state index in [1.807, 2.05) is 32.8 Å². The molecule has 0 aromatic carbocycles. The molecule has 2 aliphatic rings. The number of thiazole rings is 1. The maximum atomic E-state index is 13.4. The number of amides is 2. The maximum Gasteiger partial charge on any atom is 0.355 e. The van der Waals surface area contributed by atoms with Gasteiger partial charge in [-0.1, -0.05) is 25.6 Å². The molecule has 2 aromatic heterocycles. The summed E-state index contributed by atoms with van der Waals surface area (Å²) in [6.45, 7) is 4.90. The zero-order chi connectivity index (χ0) is 31.8. The lowest BCUT2D eigenvalue weighted by Gasteiger charge is -2.49. The number of carbonyl (C=O) groups excluding carboxylic acids is 4. The molecule has 2 aliphatic heterocycles. The second-order valence-corrected chi connectivity index (χ2v) is 13.3. The van der Waals surface area contributed by atoms with E-state index in [1.54, 1.807) is 10.1 Å². The van der Waals surface area contributed by atoms with Gasteiger partial charge in [0.25, 0.3) is 5.91 Å². The Hall–Kier alpha value is -2.64. The molecule has 46 heavy (non-hydrogen) atoms. The molecule has 0 bridgehead atoms. The molecule has 4 rings (SSSR count). The first kappa shape index (κ1) is 39.5. The van der Waals surface area contributed by atoms with Crippen LogP contribution in [0.5, 0.6) is 0 Å². The Labute approximate surface area is 291 Å². The Bertz CT molecular complexity index is 1390. The van der Waals surface area contributed by atoms with Crippen LogP contribution < -0.4 is 11.1 Å². The summed E-state index contributed by atoms with van der Waals surface area (Å²) in [5, 5.41) is 16.9. The van der Waals surface area contributed by atoms with E-state index < -0.39 is 23.3 Å². The van der Waals surface area contributed by atoms with Crippen molar-refractivity contribution in [3.05, 3.63) is 22.3 Å². The standard InChI is InChI=1S/C26H37N9O6S3.2ClH/c1-5-15(6-2)23(38)40-9-10-41-24(39)20-16(13-44-26-30-31-32-34(26)8-7-33(3)4)12-42-22-19(21(37)35(20)22)29-18(36)11-17-14-43-25(27)28-17;;/h14-15,19,22H,5-13H2,1-4H3,(H2,27,28)(H,29,36);2*1H/t19-,22+;;/m1../s1. The highest BCUT2D eigenvalue weighted by atomic mass is 35.5. The molecule has 2 aromatic rings. The fraction of sp³-hybridized carbons (Fsp3) is 0.615. The summed E-state index contributed by atoms with van der Waals surface area (Å²) in [5.74, 6) is -1.27. The number of fused-ring (bicyclic) bond motifs is 1. The number of hydrogen-bond donors (Lipinski definition) is 2. The number of nitrogen functional groups attached to an aromatic ring is 1. The first-order valence-electron chi connectivity index (χ1n) is 14.2. The quantitative estimate of drug-likeness (QED) is 0.109. The highest BCUT2D eigenvalue weighted by Gasteiger charge is 2.54. The fourth-order valence-corrected chi connectivity index (χ4v) is 7.50. The molecule has 1 saturated heterocycles. The third-order valence-electron chi connectivity index (χ3n) is 6.98. The molecule has 0 saturated carbocycles. The number of esters is 2. The number of hydrogen-bond acceptors (Lipinski definition) is 15. The lowest BCUT2D eigenvalue weighted by Crippen LogP contribution is -2.70. The molecule has 2 amide bonds. The molecule has 3 N–H and O–H groups in total. The van der Waals surface area contributed by atoms with Crippen molar-refractivity contribution < 1.29 is 28.7 Å². The van der Waals surface area contributed by atoms with Gasteiger partial charge in [-0.3, -0.25) is 19.3 Å². The minimum absolute atomic E-state index is 0. The first-order valence-corrected chi connectivity index (χ1v) is 17.1. The maximum absolute atomic E-state index is 13.4. The van der Waals surface area contributed by atoms with Gasteiger partial charge in [-0.15, -0.1) is 53.0 Å². The van der Waals surface area contributed by atoms with Crippen LogP contribution in [0.25, 0.3) is 0 Å². The topological polar surface area (TPSA) is 188 Å². The highest BCUT2D eigenvalue weighted by molar-refractivity contribution is 8.01. The zero-order valence-corrected chi connectivity index (χ0v) is 30.0. The number of nitrogens with two attached hydrogens (primary N) is 1. The van der Waals surface area contributed by atoms with Crippen LogP contribution in [0.2, 0.25) is 0 Å². The smallest absolute Gasteiger partial charge is 0.355 e. The van der Waals surface area contributed by atoms with Crippen molar-refractivity contribution in [2.45, 2.75) is 56.2 Å². The number of rotatable bonds is 16. The van der Waals surface area contributed by atoms with Crippen LogP contribution in [0.1, 0.15) is 32.4 Å². The van der Waals surface area contributed by atoms with Crippen molar-refractivity contribution in [2.75, 3.05) is 51.1 Å². The van der Waals surface area contributed by atoms with Gasteiger partial charge in [0.2, 0.25) is 11.1 Å². The van der Waals surface area contributed by atoms with E-state index in [4.69, 9.17) is 15.2 Å². The summed E-state index contributed by atoms with van der Waals surface area (Å²) in [7, 11) is 3.91. The third kappa shape index (κ3) is 9.93. The van der Waals surface area contributed by atoms with Crippen LogP contribution in [-0.2, 0) is 41.6 Å². The van der Waals surface area contributed by atoms with Gasteiger partial charge in [-0.2, -0.15) is 0 Å². The largest absolute Gasteiger partial charge is 0.462 e. The number of carbonyl (C=O) groups is 4. The van der Waals surface area contributed by atoms with Gasteiger partial charge in [0, 0.05) is 23.4 Å². The molecule has 256 valence electrons. The molecule has 20 heteroatoms. The Morgan fingerprint density at radius 1 is 1.20 bits per heavy atom. The van der Waals surface area contributed by atoms with Gasteiger partial charge in [0.1, 0.15) is 30.3 Å². The number of nitrogens with zero attached hydrogens (tertiary/aromatic N) is 7. The van der Waals surface area contributed by atoms with E-state index in [0.717, 1.165) is 6.54 Å². The number of ether oxygens (including phenoxy) is 2. The lowest BCUT2D eigenvalue weighted by molar-refractivity contribution is -0.157. The number of anilines is 1. The monoisotopic (exact) mass is 739 g/mol. The van der Waals surface area contributed by atoms with Gasteiger partial charge in [0.05, 0.1) is 24.6 Å². The first-order chi connectivity index (χ1) is 21.1. The molecule has 0 unspecified atom stereocenters. The molecule has 1 fully saturated rings. The molecule has 4 heterocycles. The summed E-state index contributed by atoms with van der Waals surface area (Å²) in [5.41, 5.74) is 6.98. The summed E-state index contributed by atoms with van der Waals surface area (Å²) in [6.07, 6.45) is 1.31. The van der Waals surface area contributed by atoms with Gasteiger partial charge in [-0.05, 0) is 42.9 Å². The Morgan fingerprint density at radius 2 is 1.91 bits per heavy atom. The molecular weight excluding hydrogens is 701 g/mol. The molecule has 0 radical (unpaired) electrons. The SMILES string of the molecule is CCC(CC)C(=O)OCCOC(=O)C1=C(CSc2nnnn2CCN(C)C)CS[C@H]2[C@H](NC(=O)Cc3csc(N)n3)C(=O)N12.Cl.Cl. The van der Waals surface area contributed by atoms with Crippen LogP contribution >= 0.6 is 59.7 Å². The van der Waals surface area contributed by atoms with Crippen LogP contribution in [0.4, 0.5) is 5.13 Å². The second-order valence-electron chi connectivity index (χ2n) is 10.4. The second kappa shape index (κ2) is 18.6. The summed E-state index contributed by atoms with van der Waals surface area (Å²) < 4.78 is 12.5. The zero-order valence-electron chi connectivity index (χ0n) is 25.9. The van der Waals surface area contributed by atoms with Crippen LogP contribution in [-0.4, -0.2) is 116 Å². The van der Waals surface area contributed by atoms with E-state index in [9.17, 15) is 19.2 Å².